The smallest absolute Gasteiger partial charge is 0.0187 e. The van der Waals surface area contributed by atoms with Crippen molar-refractivity contribution in [3.05, 3.63) is 35.9 Å². The Morgan fingerprint density at radius 2 is 1.75 bits per heavy atom. The topological polar surface area (TPSA) is 0 Å². The second-order valence-corrected chi connectivity index (χ2v) is 5.64. The van der Waals surface area contributed by atoms with E-state index in [0.717, 1.165) is 5.25 Å². The van der Waals surface area contributed by atoms with Crippen molar-refractivity contribution in [2.75, 3.05) is 0 Å². The van der Waals surface area contributed by atoms with Gasteiger partial charge in [-0.15, -0.1) is 0 Å². The van der Waals surface area contributed by atoms with Gasteiger partial charge in [0, 0.05) is 11.0 Å². The molecule has 1 unspecified atom stereocenters. The molecular weight excluding hydrogens is 212 g/mol. The molecule has 0 bridgehead atoms. The van der Waals surface area contributed by atoms with Crippen LogP contribution in [-0.2, 0) is 5.75 Å². The van der Waals surface area contributed by atoms with Crippen molar-refractivity contribution in [1.82, 2.24) is 0 Å². The van der Waals surface area contributed by atoms with Gasteiger partial charge in [-0.25, -0.2) is 0 Å². The Morgan fingerprint density at radius 3 is 2.38 bits per heavy atom. The van der Waals surface area contributed by atoms with Crippen LogP contribution >= 0.6 is 11.8 Å². The molecule has 0 fully saturated rings. The molecule has 0 saturated carbocycles. The molecule has 0 aromatic heterocycles. The first-order valence-electron chi connectivity index (χ1n) is 6.52. The predicted molar refractivity (Wildman–Crippen MR) is 76.0 cm³/mol. The molecule has 0 radical (unpaired) electrons. The van der Waals surface area contributed by atoms with E-state index in [2.05, 4.69) is 55.9 Å². The second-order valence-electron chi connectivity index (χ2n) is 4.35. The fourth-order valence-electron chi connectivity index (χ4n) is 1.85. The lowest BCUT2D eigenvalue weighted by Crippen LogP contribution is -2.02. The maximum atomic E-state index is 2.29. The summed E-state index contributed by atoms with van der Waals surface area (Å²) in [6, 6.07) is 10.8. The van der Waals surface area contributed by atoms with Crippen LogP contribution in [0.25, 0.3) is 0 Å². The predicted octanol–water partition coefficient (Wildman–Crippen LogP) is 5.28. The summed E-state index contributed by atoms with van der Waals surface area (Å²) in [5.74, 6) is 1.18. The van der Waals surface area contributed by atoms with Crippen molar-refractivity contribution in [3.8, 4) is 0 Å². The highest BCUT2D eigenvalue weighted by molar-refractivity contribution is 7.99. The van der Waals surface area contributed by atoms with Crippen LogP contribution in [0.15, 0.2) is 30.3 Å². The number of hydrogen-bond acceptors (Lipinski definition) is 1. The van der Waals surface area contributed by atoms with Crippen molar-refractivity contribution in [1.29, 1.82) is 0 Å². The lowest BCUT2D eigenvalue weighted by Gasteiger charge is -2.15. The first kappa shape index (κ1) is 13.6. The van der Waals surface area contributed by atoms with Crippen LogP contribution in [0.3, 0.4) is 0 Å². The molecule has 1 heteroatoms. The van der Waals surface area contributed by atoms with Crippen LogP contribution in [0.2, 0.25) is 0 Å². The standard InChI is InChI=1S/C15H24S/c1-3-5-12-15(9-4-2)16-13-14-10-7-6-8-11-14/h6-8,10-11,15H,3-5,9,12-13H2,1-2H3. The van der Waals surface area contributed by atoms with Crippen LogP contribution in [0.5, 0.6) is 0 Å². The highest BCUT2D eigenvalue weighted by atomic mass is 32.2. The second kappa shape index (κ2) is 8.69. The van der Waals surface area contributed by atoms with E-state index in [0.29, 0.717) is 0 Å². The van der Waals surface area contributed by atoms with E-state index >= 15 is 0 Å². The first-order valence-corrected chi connectivity index (χ1v) is 7.57. The van der Waals surface area contributed by atoms with Gasteiger partial charge in [-0.05, 0) is 18.4 Å². The first-order chi connectivity index (χ1) is 7.86. The molecule has 0 aliphatic rings. The largest absolute Gasteiger partial charge is 0.154 e. The van der Waals surface area contributed by atoms with E-state index in [1.54, 1.807) is 0 Å². The van der Waals surface area contributed by atoms with Gasteiger partial charge in [0.25, 0.3) is 0 Å². The summed E-state index contributed by atoms with van der Waals surface area (Å²) in [4.78, 5) is 0. The third kappa shape index (κ3) is 5.60. The van der Waals surface area contributed by atoms with Gasteiger partial charge in [-0.3, -0.25) is 0 Å². The number of unbranched alkanes of at least 4 members (excludes halogenated alkanes) is 1. The third-order valence-electron chi connectivity index (χ3n) is 2.82. The van der Waals surface area contributed by atoms with Crippen LogP contribution in [0.1, 0.15) is 51.5 Å². The van der Waals surface area contributed by atoms with Gasteiger partial charge in [-0.2, -0.15) is 11.8 Å². The van der Waals surface area contributed by atoms with Crippen molar-refractivity contribution >= 4 is 11.8 Å². The molecule has 0 saturated heterocycles. The lowest BCUT2D eigenvalue weighted by atomic mass is 10.1. The number of hydrogen-bond donors (Lipinski definition) is 0. The van der Waals surface area contributed by atoms with E-state index in [-0.39, 0.29) is 0 Å². The number of rotatable bonds is 8. The van der Waals surface area contributed by atoms with E-state index in [1.807, 2.05) is 0 Å². The average Bonchev–Trinajstić information content (AvgIpc) is 2.34. The molecule has 1 aromatic rings. The van der Waals surface area contributed by atoms with Crippen molar-refractivity contribution < 1.29 is 0 Å². The van der Waals surface area contributed by atoms with Crippen molar-refractivity contribution in [2.45, 2.75) is 57.0 Å². The maximum Gasteiger partial charge on any atom is 0.0187 e. The van der Waals surface area contributed by atoms with Crippen molar-refractivity contribution in [3.63, 3.8) is 0 Å². The highest BCUT2D eigenvalue weighted by Gasteiger charge is 2.07. The quantitative estimate of drug-likeness (QED) is 0.592. The van der Waals surface area contributed by atoms with Crippen molar-refractivity contribution in [2.24, 2.45) is 0 Å². The monoisotopic (exact) mass is 236 g/mol. The third-order valence-corrected chi connectivity index (χ3v) is 4.26. The van der Waals surface area contributed by atoms with E-state index < -0.39 is 0 Å². The van der Waals surface area contributed by atoms with Crippen LogP contribution < -0.4 is 0 Å². The summed E-state index contributed by atoms with van der Waals surface area (Å²) in [5.41, 5.74) is 1.46. The Balaban J connectivity index is 2.31. The molecule has 1 atom stereocenters. The lowest BCUT2D eigenvalue weighted by molar-refractivity contribution is 0.639. The summed E-state index contributed by atoms with van der Waals surface area (Å²) >= 11 is 2.14. The Morgan fingerprint density at radius 1 is 1.00 bits per heavy atom. The van der Waals surface area contributed by atoms with E-state index in [1.165, 1.54) is 43.4 Å². The van der Waals surface area contributed by atoms with Gasteiger partial charge in [-0.1, -0.05) is 63.4 Å². The maximum absolute atomic E-state index is 2.29. The molecule has 0 aliphatic carbocycles. The van der Waals surface area contributed by atoms with Gasteiger partial charge in [0.15, 0.2) is 0 Å². The zero-order chi connectivity index (χ0) is 11.6. The molecule has 1 aromatic carbocycles. The molecule has 0 N–H and O–H groups in total. The molecule has 0 nitrogen and oxygen atoms in total. The molecule has 1 rings (SSSR count). The van der Waals surface area contributed by atoms with E-state index in [9.17, 15) is 0 Å². The molecule has 0 heterocycles. The molecule has 0 amide bonds. The molecular formula is C15H24S. The summed E-state index contributed by atoms with van der Waals surface area (Å²) in [5, 5.41) is 0.866. The van der Waals surface area contributed by atoms with Crippen LogP contribution in [-0.4, -0.2) is 5.25 Å². The van der Waals surface area contributed by atoms with Gasteiger partial charge < -0.3 is 0 Å². The van der Waals surface area contributed by atoms with Crippen LogP contribution in [0, 0.1) is 0 Å². The zero-order valence-electron chi connectivity index (χ0n) is 10.6. The average molecular weight is 236 g/mol. The fraction of sp³-hybridized carbons (Fsp3) is 0.600. The number of thioether (sulfide) groups is 1. The molecule has 0 aliphatic heterocycles. The minimum atomic E-state index is 0.866. The Bertz CT molecular complexity index is 255. The summed E-state index contributed by atoms with van der Waals surface area (Å²) < 4.78 is 0. The normalized spacial score (nSPS) is 12.6. The zero-order valence-corrected chi connectivity index (χ0v) is 11.4. The van der Waals surface area contributed by atoms with Gasteiger partial charge >= 0.3 is 0 Å². The Hall–Kier alpha value is -0.430. The van der Waals surface area contributed by atoms with Gasteiger partial charge in [0.1, 0.15) is 0 Å². The summed E-state index contributed by atoms with van der Waals surface area (Å²) in [7, 11) is 0. The van der Waals surface area contributed by atoms with Gasteiger partial charge in [0.2, 0.25) is 0 Å². The fourth-order valence-corrected chi connectivity index (χ4v) is 3.21. The molecule has 16 heavy (non-hydrogen) atoms. The molecule has 90 valence electrons. The highest BCUT2D eigenvalue weighted by Crippen LogP contribution is 2.25. The number of benzene rings is 1. The van der Waals surface area contributed by atoms with Gasteiger partial charge in [0.05, 0.1) is 0 Å². The summed E-state index contributed by atoms with van der Waals surface area (Å²) in [6.45, 7) is 4.58. The SMILES string of the molecule is CCCCC(CCC)SCc1ccccc1. The minimum Gasteiger partial charge on any atom is -0.154 e. The van der Waals surface area contributed by atoms with E-state index in [4.69, 9.17) is 0 Å². The Kier molecular flexibility index (Phi) is 7.41. The molecule has 0 spiro atoms. The van der Waals surface area contributed by atoms with Crippen LogP contribution in [0.4, 0.5) is 0 Å². The Labute approximate surface area is 105 Å². The minimum absolute atomic E-state index is 0.866. The summed E-state index contributed by atoms with van der Waals surface area (Å²) in [6.07, 6.45) is 6.79.